The molecule has 3 amide bonds. The summed E-state index contributed by atoms with van der Waals surface area (Å²) >= 11 is 0. The van der Waals surface area contributed by atoms with Crippen molar-refractivity contribution in [1.29, 1.82) is 0 Å². The summed E-state index contributed by atoms with van der Waals surface area (Å²) in [6, 6.07) is 6.82. The van der Waals surface area contributed by atoms with Gasteiger partial charge in [0.1, 0.15) is 0 Å². The molecule has 74 valence electrons. The van der Waals surface area contributed by atoms with E-state index in [9.17, 15) is 9.59 Å². The van der Waals surface area contributed by atoms with Crippen LogP contribution in [-0.4, -0.2) is 12.4 Å². The molecule has 0 fully saturated rings. The summed E-state index contributed by atoms with van der Waals surface area (Å²) in [5.74, 6) is 0. The number of carbonyl (C=O) groups is 2. The van der Waals surface area contributed by atoms with Crippen LogP contribution in [0, 0.1) is 6.92 Å². The fraction of sp³-hybridized carbons (Fsp3) is 0.111. The van der Waals surface area contributed by atoms with Gasteiger partial charge in [-0.25, -0.2) is 10.2 Å². The zero-order valence-electron chi connectivity index (χ0n) is 7.70. The zero-order chi connectivity index (χ0) is 10.4. The van der Waals surface area contributed by atoms with Crippen molar-refractivity contribution in [2.24, 2.45) is 0 Å². The third-order valence-electron chi connectivity index (χ3n) is 1.55. The number of nitrogens with one attached hydrogen (secondary N) is 3. The van der Waals surface area contributed by atoms with Crippen molar-refractivity contribution in [3.63, 3.8) is 0 Å². The number of hydrazine groups is 1. The van der Waals surface area contributed by atoms with Crippen LogP contribution in [0.1, 0.15) is 5.56 Å². The number of amides is 3. The Morgan fingerprint density at radius 2 is 1.93 bits per heavy atom. The fourth-order valence-electron chi connectivity index (χ4n) is 0.894. The number of aryl methyl sites for hydroxylation is 1. The van der Waals surface area contributed by atoms with Gasteiger partial charge in [-0.05, 0) is 19.1 Å². The monoisotopic (exact) mass is 193 g/mol. The van der Waals surface area contributed by atoms with Gasteiger partial charge in [-0.15, -0.1) is 0 Å². The topological polar surface area (TPSA) is 70.2 Å². The molecule has 0 aliphatic heterocycles. The molecule has 0 saturated heterocycles. The Balaban J connectivity index is 2.47. The second-order valence-corrected chi connectivity index (χ2v) is 2.71. The van der Waals surface area contributed by atoms with Gasteiger partial charge in [0.15, 0.2) is 0 Å². The van der Waals surface area contributed by atoms with E-state index < -0.39 is 6.03 Å². The number of benzene rings is 1. The van der Waals surface area contributed by atoms with Crippen LogP contribution in [0.5, 0.6) is 0 Å². The number of urea groups is 1. The Labute approximate surface area is 81.5 Å². The second kappa shape index (κ2) is 4.86. The molecular formula is C9H11N3O2. The molecule has 3 N–H and O–H groups in total. The predicted octanol–water partition coefficient (Wildman–Crippen LogP) is 0.778. The number of rotatable bonds is 3. The summed E-state index contributed by atoms with van der Waals surface area (Å²) < 4.78 is 0. The standard InChI is InChI=1S/C9H11N3O2/c1-7-2-4-8(5-3-7)11-9(14)12-10-6-13/h2-6H,1H3,(H,10,13)(H2,11,12,14). The van der Waals surface area contributed by atoms with Gasteiger partial charge in [-0.1, -0.05) is 17.7 Å². The van der Waals surface area contributed by atoms with Gasteiger partial charge in [0.2, 0.25) is 6.41 Å². The molecule has 0 radical (unpaired) electrons. The highest BCUT2D eigenvalue weighted by Gasteiger charge is 1.98. The molecule has 0 aliphatic rings. The minimum Gasteiger partial charge on any atom is -0.307 e. The smallest absolute Gasteiger partial charge is 0.307 e. The summed E-state index contributed by atoms with van der Waals surface area (Å²) in [6.45, 7) is 1.96. The van der Waals surface area contributed by atoms with Crippen molar-refractivity contribution in [1.82, 2.24) is 10.9 Å². The van der Waals surface area contributed by atoms with Gasteiger partial charge < -0.3 is 5.32 Å². The van der Waals surface area contributed by atoms with Crippen molar-refractivity contribution >= 4 is 18.1 Å². The maximum Gasteiger partial charge on any atom is 0.337 e. The van der Waals surface area contributed by atoms with E-state index in [2.05, 4.69) is 10.7 Å². The molecular weight excluding hydrogens is 182 g/mol. The lowest BCUT2D eigenvalue weighted by atomic mass is 10.2. The Morgan fingerprint density at radius 3 is 2.50 bits per heavy atom. The molecule has 0 heterocycles. The highest BCUT2D eigenvalue weighted by molar-refractivity contribution is 5.89. The first-order valence-corrected chi connectivity index (χ1v) is 4.05. The van der Waals surface area contributed by atoms with Gasteiger partial charge >= 0.3 is 6.03 Å². The average Bonchev–Trinajstić information content (AvgIpc) is 2.18. The third-order valence-corrected chi connectivity index (χ3v) is 1.55. The van der Waals surface area contributed by atoms with E-state index in [0.717, 1.165) is 5.56 Å². The van der Waals surface area contributed by atoms with Crippen LogP contribution < -0.4 is 16.2 Å². The molecule has 0 spiro atoms. The predicted molar refractivity (Wildman–Crippen MR) is 52.5 cm³/mol. The zero-order valence-corrected chi connectivity index (χ0v) is 7.70. The molecule has 0 unspecified atom stereocenters. The molecule has 1 aromatic carbocycles. The quantitative estimate of drug-likeness (QED) is 0.490. The molecule has 0 aromatic heterocycles. The van der Waals surface area contributed by atoms with E-state index in [0.29, 0.717) is 12.1 Å². The van der Waals surface area contributed by atoms with Gasteiger partial charge in [-0.3, -0.25) is 10.2 Å². The Kier molecular flexibility index (Phi) is 3.49. The lowest BCUT2D eigenvalue weighted by Gasteiger charge is -2.05. The minimum atomic E-state index is -0.485. The summed E-state index contributed by atoms with van der Waals surface area (Å²) in [5.41, 5.74) is 5.94. The molecule has 0 atom stereocenters. The van der Waals surface area contributed by atoms with Crippen molar-refractivity contribution in [2.75, 3.05) is 5.32 Å². The van der Waals surface area contributed by atoms with E-state index in [4.69, 9.17) is 0 Å². The van der Waals surface area contributed by atoms with Gasteiger partial charge in [-0.2, -0.15) is 0 Å². The van der Waals surface area contributed by atoms with Crippen LogP contribution in [-0.2, 0) is 4.79 Å². The van der Waals surface area contributed by atoms with E-state index >= 15 is 0 Å². The average molecular weight is 193 g/mol. The van der Waals surface area contributed by atoms with Crippen LogP contribution in [0.4, 0.5) is 10.5 Å². The Hall–Kier alpha value is -2.04. The maximum absolute atomic E-state index is 11.0. The molecule has 14 heavy (non-hydrogen) atoms. The van der Waals surface area contributed by atoms with Crippen LogP contribution in [0.25, 0.3) is 0 Å². The Morgan fingerprint density at radius 1 is 1.29 bits per heavy atom. The van der Waals surface area contributed by atoms with Crippen LogP contribution >= 0.6 is 0 Å². The van der Waals surface area contributed by atoms with E-state index in [1.165, 1.54) is 0 Å². The molecule has 1 aromatic rings. The lowest BCUT2D eigenvalue weighted by molar-refractivity contribution is -0.110. The molecule has 1 rings (SSSR count). The number of anilines is 1. The first kappa shape index (κ1) is 10.0. The molecule has 5 nitrogen and oxygen atoms in total. The summed E-state index contributed by atoms with van der Waals surface area (Å²) in [6.07, 6.45) is 0.384. The van der Waals surface area contributed by atoms with Gasteiger partial charge in [0, 0.05) is 5.69 Å². The summed E-state index contributed by atoms with van der Waals surface area (Å²) in [4.78, 5) is 20.9. The van der Waals surface area contributed by atoms with Crippen LogP contribution in [0.2, 0.25) is 0 Å². The largest absolute Gasteiger partial charge is 0.337 e. The van der Waals surface area contributed by atoms with Crippen molar-refractivity contribution in [3.8, 4) is 0 Å². The normalized spacial score (nSPS) is 8.93. The van der Waals surface area contributed by atoms with Gasteiger partial charge in [0.25, 0.3) is 0 Å². The molecule has 5 heteroatoms. The van der Waals surface area contributed by atoms with E-state index in [1.807, 2.05) is 24.5 Å². The minimum absolute atomic E-state index is 0.384. The lowest BCUT2D eigenvalue weighted by Crippen LogP contribution is -2.39. The highest BCUT2D eigenvalue weighted by Crippen LogP contribution is 2.07. The molecule has 0 saturated carbocycles. The first-order chi connectivity index (χ1) is 6.72. The summed E-state index contributed by atoms with van der Waals surface area (Å²) in [7, 11) is 0. The van der Waals surface area contributed by atoms with Crippen molar-refractivity contribution in [2.45, 2.75) is 6.92 Å². The molecule has 0 aliphatic carbocycles. The van der Waals surface area contributed by atoms with Crippen LogP contribution in [0.15, 0.2) is 24.3 Å². The number of hydrogen-bond donors (Lipinski definition) is 3. The SMILES string of the molecule is Cc1ccc(NC(=O)NNC=O)cc1. The number of hydrogen-bond acceptors (Lipinski definition) is 2. The highest BCUT2D eigenvalue weighted by atomic mass is 16.2. The van der Waals surface area contributed by atoms with Crippen LogP contribution in [0.3, 0.4) is 0 Å². The van der Waals surface area contributed by atoms with Crippen molar-refractivity contribution in [3.05, 3.63) is 29.8 Å². The van der Waals surface area contributed by atoms with Gasteiger partial charge in [0.05, 0.1) is 0 Å². The summed E-state index contributed by atoms with van der Waals surface area (Å²) in [5, 5.41) is 2.53. The Bertz CT molecular complexity index is 321. The van der Waals surface area contributed by atoms with E-state index in [1.54, 1.807) is 12.1 Å². The van der Waals surface area contributed by atoms with Crippen molar-refractivity contribution < 1.29 is 9.59 Å². The fourth-order valence-corrected chi connectivity index (χ4v) is 0.894. The molecule has 0 bridgehead atoms. The van der Waals surface area contributed by atoms with E-state index in [-0.39, 0.29) is 0 Å². The second-order valence-electron chi connectivity index (χ2n) is 2.71. The third kappa shape index (κ3) is 3.14. The maximum atomic E-state index is 11.0. The number of carbonyl (C=O) groups excluding carboxylic acids is 2. The first-order valence-electron chi connectivity index (χ1n) is 4.05.